The molecule has 2 rings (SSSR count). The molecule has 0 aromatic carbocycles. The molecule has 136 valence electrons. The molecule has 0 aliphatic carbocycles. The van der Waals surface area contributed by atoms with E-state index < -0.39 is 17.2 Å². The molecule has 2 heterocycles. The van der Waals surface area contributed by atoms with E-state index in [1.54, 1.807) is 52.8 Å². The van der Waals surface area contributed by atoms with Crippen LogP contribution in [0.2, 0.25) is 0 Å². The monoisotopic (exact) mass is 366 g/mol. The Kier molecular flexibility index (Phi) is 5.56. The second-order valence-electron chi connectivity index (χ2n) is 6.92. The normalized spacial score (nSPS) is 12.0. The molecule has 0 spiro atoms. The first-order chi connectivity index (χ1) is 11.6. The van der Waals surface area contributed by atoms with E-state index in [-0.39, 0.29) is 0 Å². The van der Waals surface area contributed by atoms with Gasteiger partial charge < -0.3 is 19.8 Å². The maximum atomic E-state index is 11.9. The molecule has 2 aromatic rings. The summed E-state index contributed by atoms with van der Waals surface area (Å²) in [6, 6.07) is 5.15. The summed E-state index contributed by atoms with van der Waals surface area (Å²) >= 11 is 1.29. The first kappa shape index (κ1) is 19.0. The Morgan fingerprint density at radius 3 is 2.72 bits per heavy atom. The summed E-state index contributed by atoms with van der Waals surface area (Å²) in [5, 5.41) is 18.8. The van der Waals surface area contributed by atoms with Crippen LogP contribution in [0, 0.1) is 5.21 Å². The number of ether oxygens (including phenoxy) is 1. The fraction of sp³-hybridized carbons (Fsp3) is 0.500. The Bertz CT molecular complexity index is 740. The summed E-state index contributed by atoms with van der Waals surface area (Å²) in [7, 11) is 0. The van der Waals surface area contributed by atoms with Crippen LogP contribution >= 0.6 is 11.8 Å². The number of nitrogens with one attached hydrogen (secondary N) is 1. The van der Waals surface area contributed by atoms with Crippen molar-refractivity contribution in [1.29, 1.82) is 0 Å². The van der Waals surface area contributed by atoms with Gasteiger partial charge in [0.25, 0.3) is 5.03 Å². The predicted octanol–water partition coefficient (Wildman–Crippen LogP) is 2.76. The third kappa shape index (κ3) is 5.63. The highest BCUT2D eigenvalue weighted by Crippen LogP contribution is 2.22. The molecule has 0 saturated carbocycles. The van der Waals surface area contributed by atoms with Crippen LogP contribution in [0.15, 0.2) is 33.9 Å². The van der Waals surface area contributed by atoms with Gasteiger partial charge in [-0.25, -0.2) is 4.79 Å². The number of rotatable bonds is 5. The number of amides is 1. The third-order valence-electron chi connectivity index (χ3n) is 2.97. The summed E-state index contributed by atoms with van der Waals surface area (Å²) in [5.74, 6) is 1.04. The lowest BCUT2D eigenvalue weighted by Crippen LogP contribution is -2.44. The number of carbonyl (C=O) groups excluding carboxylic acids is 1. The van der Waals surface area contributed by atoms with E-state index in [0.29, 0.717) is 22.5 Å². The number of carbonyl (C=O) groups is 1. The van der Waals surface area contributed by atoms with Crippen LogP contribution in [-0.4, -0.2) is 21.8 Å². The van der Waals surface area contributed by atoms with Gasteiger partial charge in [-0.2, -0.15) is 9.71 Å². The van der Waals surface area contributed by atoms with Crippen LogP contribution in [0.4, 0.5) is 4.79 Å². The Balaban J connectivity index is 1.99. The van der Waals surface area contributed by atoms with Crippen LogP contribution in [0.25, 0.3) is 0 Å². The van der Waals surface area contributed by atoms with E-state index in [1.165, 1.54) is 18.0 Å². The van der Waals surface area contributed by atoms with Crippen LogP contribution < -0.4 is 10.0 Å². The fourth-order valence-corrected chi connectivity index (χ4v) is 2.59. The zero-order valence-electron chi connectivity index (χ0n) is 14.9. The van der Waals surface area contributed by atoms with Gasteiger partial charge in [0.2, 0.25) is 5.89 Å². The third-order valence-corrected chi connectivity index (χ3v) is 3.98. The molecule has 2 aromatic heterocycles. The summed E-state index contributed by atoms with van der Waals surface area (Å²) < 4.78 is 11.2. The number of hydrogen-bond acceptors (Lipinski definition) is 7. The zero-order valence-corrected chi connectivity index (χ0v) is 15.7. The van der Waals surface area contributed by atoms with Crippen molar-refractivity contribution in [2.75, 3.05) is 0 Å². The molecule has 0 fully saturated rings. The minimum atomic E-state index is -0.861. The van der Waals surface area contributed by atoms with Gasteiger partial charge in [0.15, 0.2) is 12.0 Å². The van der Waals surface area contributed by atoms with Crippen molar-refractivity contribution in [3.05, 3.63) is 41.3 Å². The number of thioether (sulfide) groups is 1. The van der Waals surface area contributed by atoms with Gasteiger partial charge in [0, 0.05) is 12.1 Å². The van der Waals surface area contributed by atoms with Gasteiger partial charge in [0.1, 0.15) is 11.1 Å². The fourth-order valence-electron chi connectivity index (χ4n) is 1.84. The van der Waals surface area contributed by atoms with E-state index in [9.17, 15) is 10.0 Å². The molecule has 0 radical (unpaired) electrons. The molecule has 1 amide bonds. The Hall–Kier alpha value is -2.29. The van der Waals surface area contributed by atoms with E-state index in [0.717, 1.165) is 4.73 Å². The average Bonchev–Trinajstić information content (AvgIpc) is 2.93. The van der Waals surface area contributed by atoms with E-state index in [4.69, 9.17) is 9.26 Å². The summed E-state index contributed by atoms with van der Waals surface area (Å²) in [4.78, 5) is 16.2. The summed E-state index contributed by atoms with van der Waals surface area (Å²) in [5.41, 5.74) is -1.46. The largest absolute Gasteiger partial charge is 0.618 e. The predicted molar refractivity (Wildman–Crippen MR) is 91.7 cm³/mol. The van der Waals surface area contributed by atoms with Gasteiger partial charge in [-0.05, 0) is 52.4 Å². The Morgan fingerprint density at radius 1 is 1.36 bits per heavy atom. The SMILES string of the molecule is CC(C)(C)OC(=O)NC(C)(C)c1noc(CSc2cccc[n+]2[O-])n1. The number of hydrogen-bond donors (Lipinski definition) is 1. The van der Waals surface area contributed by atoms with Crippen LogP contribution in [0.1, 0.15) is 46.3 Å². The standard InChI is InChI=1S/C16H22N4O4S/c1-15(2,3)23-14(21)18-16(4,5)13-17-11(24-19-13)10-25-12-8-6-7-9-20(12)22/h6-9H,10H2,1-5H3,(H,18,21). The van der Waals surface area contributed by atoms with Crippen molar-refractivity contribution in [3.63, 3.8) is 0 Å². The van der Waals surface area contributed by atoms with Crippen molar-refractivity contribution < 1.29 is 18.8 Å². The molecule has 0 unspecified atom stereocenters. The topological polar surface area (TPSA) is 104 Å². The van der Waals surface area contributed by atoms with Crippen LogP contribution in [-0.2, 0) is 16.0 Å². The van der Waals surface area contributed by atoms with Crippen molar-refractivity contribution in [3.8, 4) is 0 Å². The molecular weight excluding hydrogens is 344 g/mol. The minimum Gasteiger partial charge on any atom is -0.618 e. The van der Waals surface area contributed by atoms with Gasteiger partial charge in [0.05, 0.1) is 5.75 Å². The van der Waals surface area contributed by atoms with Crippen molar-refractivity contribution in [1.82, 2.24) is 15.5 Å². The first-order valence-corrected chi connectivity index (χ1v) is 8.70. The van der Waals surface area contributed by atoms with Gasteiger partial charge in [-0.3, -0.25) is 0 Å². The number of pyridine rings is 1. The first-order valence-electron chi connectivity index (χ1n) is 7.72. The smallest absolute Gasteiger partial charge is 0.408 e. The molecule has 0 aliphatic heterocycles. The highest BCUT2D eigenvalue weighted by atomic mass is 32.2. The molecule has 0 atom stereocenters. The quantitative estimate of drug-likeness (QED) is 0.493. The molecule has 8 nitrogen and oxygen atoms in total. The summed E-state index contributed by atoms with van der Waals surface area (Å²) in [6.07, 6.45) is 0.866. The molecule has 1 N–H and O–H groups in total. The molecular formula is C16H22N4O4S. The number of nitrogens with zero attached hydrogens (tertiary/aromatic N) is 3. The Labute approximate surface area is 150 Å². The average molecular weight is 366 g/mol. The number of alkyl carbamates (subject to hydrolysis) is 1. The lowest BCUT2D eigenvalue weighted by molar-refractivity contribution is -0.645. The van der Waals surface area contributed by atoms with Crippen molar-refractivity contribution in [2.24, 2.45) is 0 Å². The lowest BCUT2D eigenvalue weighted by atomic mass is 10.1. The lowest BCUT2D eigenvalue weighted by Gasteiger charge is -2.26. The second-order valence-corrected chi connectivity index (χ2v) is 7.91. The van der Waals surface area contributed by atoms with Gasteiger partial charge in [-0.15, -0.1) is 0 Å². The van der Waals surface area contributed by atoms with Gasteiger partial charge in [-0.1, -0.05) is 5.16 Å². The van der Waals surface area contributed by atoms with E-state index in [1.807, 2.05) is 0 Å². The highest BCUT2D eigenvalue weighted by Gasteiger charge is 2.31. The van der Waals surface area contributed by atoms with Crippen molar-refractivity contribution in [2.45, 2.75) is 56.5 Å². The molecule has 0 bridgehead atoms. The molecule has 9 heteroatoms. The molecule has 0 aliphatic rings. The van der Waals surface area contributed by atoms with Gasteiger partial charge >= 0.3 is 6.09 Å². The van der Waals surface area contributed by atoms with Crippen LogP contribution in [0.3, 0.4) is 0 Å². The minimum absolute atomic E-state index is 0.331. The van der Waals surface area contributed by atoms with Crippen LogP contribution in [0.5, 0.6) is 0 Å². The maximum absolute atomic E-state index is 11.9. The summed E-state index contributed by atoms with van der Waals surface area (Å²) in [6.45, 7) is 8.86. The molecule has 0 saturated heterocycles. The zero-order chi connectivity index (χ0) is 18.7. The van der Waals surface area contributed by atoms with Crippen molar-refractivity contribution >= 4 is 17.9 Å². The van der Waals surface area contributed by atoms with E-state index >= 15 is 0 Å². The second kappa shape index (κ2) is 7.30. The number of aromatic nitrogens is 3. The maximum Gasteiger partial charge on any atom is 0.408 e. The Morgan fingerprint density at radius 2 is 2.08 bits per heavy atom. The van der Waals surface area contributed by atoms with E-state index in [2.05, 4.69) is 15.5 Å². The highest BCUT2D eigenvalue weighted by molar-refractivity contribution is 7.98. The molecule has 25 heavy (non-hydrogen) atoms.